The van der Waals surface area contributed by atoms with Crippen LogP contribution in [0.2, 0.25) is 0 Å². The van der Waals surface area contributed by atoms with Crippen molar-refractivity contribution in [3.8, 4) is 0 Å². The maximum absolute atomic E-state index is 13.8. The first kappa shape index (κ1) is 22.7. The number of nitrogens with two attached hydrogens (primary N) is 1. The third-order valence-corrected chi connectivity index (χ3v) is 5.55. The van der Waals surface area contributed by atoms with Crippen molar-refractivity contribution in [3.05, 3.63) is 71.4 Å². The molecule has 3 aromatic rings. The van der Waals surface area contributed by atoms with Gasteiger partial charge in [0.15, 0.2) is 0 Å². The largest absolute Gasteiger partial charge is 0.450 e. The number of hydrogen-bond acceptors (Lipinski definition) is 5. The standard InChI is InChI=1S/C22H24F2N4O2S/c1-14(2)20-21(31-18-11-15(23)10-16(24)12-18)28(13-17-6-3-4-8-26-17)19(27-20)7-5-9-30-22(25)29/h3-4,6,8,10-12,14H,5,7,9,13H2,1-2H3,(H2,25,29). The van der Waals surface area contributed by atoms with Crippen LogP contribution in [0.4, 0.5) is 13.6 Å². The highest BCUT2D eigenvalue weighted by Crippen LogP contribution is 2.36. The van der Waals surface area contributed by atoms with Gasteiger partial charge in [0.2, 0.25) is 0 Å². The van der Waals surface area contributed by atoms with E-state index in [9.17, 15) is 13.6 Å². The van der Waals surface area contributed by atoms with Crippen LogP contribution in [0.15, 0.2) is 52.5 Å². The molecule has 6 nitrogen and oxygen atoms in total. The molecule has 0 aliphatic heterocycles. The van der Waals surface area contributed by atoms with Crippen molar-refractivity contribution in [1.82, 2.24) is 14.5 Å². The van der Waals surface area contributed by atoms with E-state index in [-0.39, 0.29) is 12.5 Å². The highest BCUT2D eigenvalue weighted by Gasteiger charge is 2.21. The Morgan fingerprint density at radius 2 is 1.97 bits per heavy atom. The lowest BCUT2D eigenvalue weighted by Crippen LogP contribution is -2.15. The SMILES string of the molecule is CC(C)c1nc(CCCOC(N)=O)n(Cc2ccccn2)c1Sc1cc(F)cc(F)c1. The second-order valence-electron chi connectivity index (χ2n) is 7.26. The first-order valence-corrected chi connectivity index (χ1v) is 10.7. The Hall–Kier alpha value is -2.94. The van der Waals surface area contributed by atoms with Gasteiger partial charge in [-0.2, -0.15) is 0 Å². The number of imidazole rings is 1. The Morgan fingerprint density at radius 1 is 1.23 bits per heavy atom. The fourth-order valence-electron chi connectivity index (χ4n) is 3.10. The van der Waals surface area contributed by atoms with Crippen LogP contribution in [-0.2, 0) is 17.7 Å². The molecule has 3 rings (SSSR count). The second kappa shape index (κ2) is 10.4. The Balaban J connectivity index is 1.99. The van der Waals surface area contributed by atoms with E-state index < -0.39 is 17.7 Å². The van der Waals surface area contributed by atoms with Crippen LogP contribution >= 0.6 is 11.8 Å². The van der Waals surface area contributed by atoms with E-state index in [2.05, 4.69) is 4.98 Å². The average molecular weight is 447 g/mol. The van der Waals surface area contributed by atoms with Crippen molar-refractivity contribution < 1.29 is 18.3 Å². The maximum Gasteiger partial charge on any atom is 0.404 e. The molecule has 0 aliphatic carbocycles. The van der Waals surface area contributed by atoms with Crippen LogP contribution in [0.3, 0.4) is 0 Å². The molecule has 0 saturated carbocycles. The number of carbonyl (C=O) groups is 1. The number of pyridine rings is 1. The van der Waals surface area contributed by atoms with Gasteiger partial charge in [-0.05, 0) is 36.6 Å². The molecule has 0 unspecified atom stereocenters. The number of rotatable bonds is 9. The molecule has 31 heavy (non-hydrogen) atoms. The van der Waals surface area contributed by atoms with Crippen molar-refractivity contribution in [1.29, 1.82) is 0 Å². The van der Waals surface area contributed by atoms with E-state index in [0.29, 0.717) is 24.3 Å². The summed E-state index contributed by atoms with van der Waals surface area (Å²) >= 11 is 1.27. The number of benzene rings is 1. The lowest BCUT2D eigenvalue weighted by Gasteiger charge is -2.13. The molecule has 0 fully saturated rings. The number of hydrogen-bond donors (Lipinski definition) is 1. The normalized spacial score (nSPS) is 11.1. The molecule has 1 aromatic carbocycles. The van der Waals surface area contributed by atoms with Crippen LogP contribution < -0.4 is 5.73 Å². The predicted molar refractivity (Wildman–Crippen MR) is 114 cm³/mol. The third-order valence-electron chi connectivity index (χ3n) is 4.46. The quantitative estimate of drug-likeness (QED) is 0.473. The molecule has 0 saturated heterocycles. The maximum atomic E-state index is 13.8. The van der Waals surface area contributed by atoms with Gasteiger partial charge in [-0.3, -0.25) is 4.98 Å². The molecule has 2 heterocycles. The molecule has 2 aromatic heterocycles. The minimum absolute atomic E-state index is 0.0894. The Kier molecular flexibility index (Phi) is 7.62. The molecule has 9 heteroatoms. The number of aromatic nitrogens is 3. The van der Waals surface area contributed by atoms with Crippen molar-refractivity contribution in [2.75, 3.05) is 6.61 Å². The number of halogens is 2. The van der Waals surface area contributed by atoms with E-state index in [1.54, 1.807) is 6.20 Å². The summed E-state index contributed by atoms with van der Waals surface area (Å²) < 4.78 is 34.4. The van der Waals surface area contributed by atoms with Crippen LogP contribution in [0, 0.1) is 11.6 Å². The van der Waals surface area contributed by atoms with Gasteiger partial charge in [0.05, 0.1) is 24.5 Å². The van der Waals surface area contributed by atoms with Gasteiger partial charge in [0.25, 0.3) is 0 Å². The monoisotopic (exact) mass is 446 g/mol. The van der Waals surface area contributed by atoms with Gasteiger partial charge in [0.1, 0.15) is 22.5 Å². The summed E-state index contributed by atoms with van der Waals surface area (Å²) in [4.78, 5) is 20.5. The van der Waals surface area contributed by atoms with Crippen LogP contribution in [0.5, 0.6) is 0 Å². The molecule has 0 aliphatic rings. The fourth-order valence-corrected chi connectivity index (χ4v) is 4.33. The number of carbonyl (C=O) groups excluding carboxylic acids is 1. The highest BCUT2D eigenvalue weighted by molar-refractivity contribution is 7.99. The zero-order chi connectivity index (χ0) is 22.4. The molecule has 2 N–H and O–H groups in total. The molecule has 0 spiro atoms. The van der Waals surface area contributed by atoms with Gasteiger partial charge >= 0.3 is 6.09 Å². The summed E-state index contributed by atoms with van der Waals surface area (Å²) in [5, 5.41) is 0.802. The van der Waals surface area contributed by atoms with Gasteiger partial charge in [-0.1, -0.05) is 31.7 Å². The summed E-state index contributed by atoms with van der Waals surface area (Å²) in [5.41, 5.74) is 6.69. The summed E-state index contributed by atoms with van der Waals surface area (Å²) in [7, 11) is 0. The first-order valence-electron chi connectivity index (χ1n) is 9.89. The average Bonchev–Trinajstić information content (AvgIpc) is 3.02. The molecule has 0 atom stereocenters. The fraction of sp³-hybridized carbons (Fsp3) is 0.318. The molecular formula is C22H24F2N4O2S. The van der Waals surface area contributed by atoms with Crippen molar-refractivity contribution >= 4 is 17.9 Å². The van der Waals surface area contributed by atoms with E-state index in [0.717, 1.165) is 28.3 Å². The van der Waals surface area contributed by atoms with Crippen molar-refractivity contribution in [3.63, 3.8) is 0 Å². The molecule has 0 radical (unpaired) electrons. The third kappa shape index (κ3) is 6.27. The highest BCUT2D eigenvalue weighted by atomic mass is 32.2. The van der Waals surface area contributed by atoms with Crippen LogP contribution in [0.1, 0.15) is 43.4 Å². The van der Waals surface area contributed by atoms with E-state index in [1.807, 2.05) is 36.6 Å². The number of ether oxygens (including phenoxy) is 1. The van der Waals surface area contributed by atoms with Gasteiger partial charge in [0, 0.05) is 23.6 Å². The van der Waals surface area contributed by atoms with Gasteiger partial charge < -0.3 is 15.0 Å². The zero-order valence-corrected chi connectivity index (χ0v) is 18.2. The van der Waals surface area contributed by atoms with E-state index >= 15 is 0 Å². The zero-order valence-electron chi connectivity index (χ0n) is 17.3. The lowest BCUT2D eigenvalue weighted by atomic mass is 10.1. The molecule has 164 valence electrons. The van der Waals surface area contributed by atoms with Crippen molar-refractivity contribution in [2.24, 2.45) is 5.73 Å². The van der Waals surface area contributed by atoms with Crippen LogP contribution in [0.25, 0.3) is 0 Å². The predicted octanol–water partition coefficient (Wildman–Crippen LogP) is 4.91. The summed E-state index contributed by atoms with van der Waals surface area (Å²) in [6, 6.07) is 9.10. The number of primary amides is 1. The summed E-state index contributed by atoms with van der Waals surface area (Å²) in [5.74, 6) is -0.394. The minimum Gasteiger partial charge on any atom is -0.450 e. The van der Waals surface area contributed by atoms with E-state index in [1.165, 1.54) is 23.9 Å². The van der Waals surface area contributed by atoms with Crippen molar-refractivity contribution in [2.45, 2.75) is 49.1 Å². The minimum atomic E-state index is -0.816. The number of aryl methyl sites for hydroxylation is 1. The lowest BCUT2D eigenvalue weighted by molar-refractivity contribution is 0.155. The Labute approximate surface area is 183 Å². The topological polar surface area (TPSA) is 83.0 Å². The van der Waals surface area contributed by atoms with Gasteiger partial charge in [-0.15, -0.1) is 0 Å². The Bertz CT molecular complexity index is 1020. The van der Waals surface area contributed by atoms with Crippen LogP contribution in [-0.4, -0.2) is 27.2 Å². The van der Waals surface area contributed by atoms with Gasteiger partial charge in [-0.25, -0.2) is 18.6 Å². The number of amides is 1. The summed E-state index contributed by atoms with van der Waals surface area (Å²) in [6.07, 6.45) is 1.98. The number of nitrogens with zero attached hydrogens (tertiary/aromatic N) is 3. The molecule has 0 bridgehead atoms. The smallest absolute Gasteiger partial charge is 0.404 e. The first-order chi connectivity index (χ1) is 14.8. The summed E-state index contributed by atoms with van der Waals surface area (Å²) in [6.45, 7) is 4.67. The Morgan fingerprint density at radius 3 is 2.58 bits per heavy atom. The molecular weight excluding hydrogens is 422 g/mol. The van der Waals surface area contributed by atoms with E-state index in [4.69, 9.17) is 15.5 Å². The second-order valence-corrected chi connectivity index (χ2v) is 8.32. The molecule has 1 amide bonds.